The maximum absolute atomic E-state index is 12.0. The van der Waals surface area contributed by atoms with Gasteiger partial charge in [0, 0.05) is 12.8 Å². The molecule has 2 N–H and O–H groups in total. The quantitative estimate of drug-likeness (QED) is 0.0380. The zero-order chi connectivity index (χ0) is 36.6. The number of rotatable bonds is 37. The summed E-state index contributed by atoms with van der Waals surface area (Å²) in [4.78, 5) is 23.9. The van der Waals surface area contributed by atoms with Gasteiger partial charge >= 0.3 is 11.9 Å². The van der Waals surface area contributed by atoms with Gasteiger partial charge in [-0.1, -0.05) is 178 Å². The Labute approximate surface area is 308 Å². The lowest BCUT2D eigenvalue weighted by molar-refractivity contribution is -0.152. The molecule has 0 aromatic heterocycles. The normalized spacial score (nSPS) is 13.3. The minimum atomic E-state index is -0.995. The van der Waals surface area contributed by atoms with Gasteiger partial charge in [0.15, 0.2) is 0 Å². The molecule has 0 bridgehead atoms. The molecule has 2 atom stereocenters. The van der Waals surface area contributed by atoms with Crippen LogP contribution in [0.4, 0.5) is 0 Å². The van der Waals surface area contributed by atoms with Crippen LogP contribution < -0.4 is 0 Å². The molecule has 290 valence electrons. The summed E-state index contributed by atoms with van der Waals surface area (Å²) < 4.78 is 10.3. The highest BCUT2D eigenvalue weighted by Crippen LogP contribution is 2.15. The maximum atomic E-state index is 12.0. The van der Waals surface area contributed by atoms with Crippen LogP contribution in [0.15, 0.2) is 48.6 Å². The highest BCUT2D eigenvalue weighted by Gasteiger charge is 2.12. The van der Waals surface area contributed by atoms with Gasteiger partial charge in [0.1, 0.15) is 19.3 Å². The van der Waals surface area contributed by atoms with Gasteiger partial charge < -0.3 is 19.7 Å². The van der Waals surface area contributed by atoms with Gasteiger partial charge in [0.2, 0.25) is 0 Å². The molecule has 0 rings (SSSR count). The Morgan fingerprint density at radius 2 is 0.840 bits per heavy atom. The molecule has 0 aromatic rings. The van der Waals surface area contributed by atoms with Crippen molar-refractivity contribution in [3.8, 4) is 0 Å². The molecule has 0 aliphatic heterocycles. The predicted molar refractivity (Wildman–Crippen MR) is 211 cm³/mol. The number of carbonyl (C=O) groups excluding carboxylic acids is 2. The first-order valence-electron chi connectivity index (χ1n) is 20.8. The van der Waals surface area contributed by atoms with E-state index < -0.39 is 6.10 Å². The van der Waals surface area contributed by atoms with E-state index in [0.717, 1.165) is 64.2 Å². The molecule has 6 heteroatoms. The first kappa shape index (κ1) is 47.8. The molecule has 50 heavy (non-hydrogen) atoms. The number of aliphatic hydroxyl groups excluding tert-OH is 2. The van der Waals surface area contributed by atoms with E-state index >= 15 is 0 Å². The fourth-order valence-electron chi connectivity index (χ4n) is 5.74. The third-order valence-corrected chi connectivity index (χ3v) is 8.87. The van der Waals surface area contributed by atoms with E-state index in [1.807, 2.05) is 0 Å². The number of carbonyl (C=O) groups is 2. The van der Waals surface area contributed by atoms with E-state index in [0.29, 0.717) is 19.3 Å². The Balaban J connectivity index is 3.52. The Hall–Kier alpha value is -2.18. The number of esters is 2. The molecule has 0 fully saturated rings. The Morgan fingerprint density at radius 1 is 0.460 bits per heavy atom. The van der Waals surface area contributed by atoms with Crippen LogP contribution >= 0.6 is 0 Å². The summed E-state index contributed by atoms with van der Waals surface area (Å²) in [5.74, 6) is -0.644. The second-order valence-corrected chi connectivity index (χ2v) is 13.9. The van der Waals surface area contributed by atoms with Crippen molar-refractivity contribution < 1.29 is 29.3 Å². The number of ether oxygens (including phenoxy) is 2. The van der Waals surface area contributed by atoms with Crippen molar-refractivity contribution in [2.24, 2.45) is 0 Å². The van der Waals surface area contributed by atoms with Gasteiger partial charge in [0.05, 0.1) is 6.10 Å². The molecule has 6 nitrogen and oxygen atoms in total. The van der Waals surface area contributed by atoms with E-state index in [-0.39, 0.29) is 31.3 Å². The average molecular weight is 703 g/mol. The zero-order valence-corrected chi connectivity index (χ0v) is 32.5. The second-order valence-electron chi connectivity index (χ2n) is 13.9. The van der Waals surface area contributed by atoms with Gasteiger partial charge in [-0.25, -0.2) is 0 Å². The summed E-state index contributed by atoms with van der Waals surface area (Å²) >= 11 is 0. The average Bonchev–Trinajstić information content (AvgIpc) is 3.11. The van der Waals surface area contributed by atoms with Crippen LogP contribution in [-0.2, 0) is 19.1 Å². The first-order chi connectivity index (χ1) is 24.5. The summed E-state index contributed by atoms with van der Waals surface area (Å²) in [6.45, 7) is 4.06. The van der Waals surface area contributed by atoms with Gasteiger partial charge in [-0.05, 0) is 51.4 Å². The molecule has 0 aliphatic carbocycles. The minimum absolute atomic E-state index is 0.140. The first-order valence-corrected chi connectivity index (χ1v) is 20.8. The summed E-state index contributed by atoms with van der Waals surface area (Å²) in [6.07, 6.45) is 46.6. The topological polar surface area (TPSA) is 93.1 Å². The molecule has 0 aromatic carbocycles. The van der Waals surface area contributed by atoms with Crippen LogP contribution in [0.3, 0.4) is 0 Å². The second kappa shape index (κ2) is 39.6. The molecule has 1 unspecified atom stereocenters. The lowest BCUT2D eigenvalue weighted by atomic mass is 10.0. The van der Waals surface area contributed by atoms with E-state index in [1.165, 1.54) is 96.3 Å². The zero-order valence-electron chi connectivity index (χ0n) is 32.5. The predicted octanol–water partition coefficient (Wildman–Crippen LogP) is 12.0. The Bertz CT molecular complexity index is 861. The van der Waals surface area contributed by atoms with Gasteiger partial charge in [0.25, 0.3) is 0 Å². The highest BCUT2D eigenvalue weighted by molar-refractivity contribution is 5.69. The molecule has 0 saturated carbocycles. The minimum Gasteiger partial charge on any atom is -0.463 e. The van der Waals surface area contributed by atoms with E-state index in [2.05, 4.69) is 62.5 Å². The molecule has 0 heterocycles. The number of unbranched alkanes of at least 4 members (excludes halogenated alkanes) is 18. The lowest BCUT2D eigenvalue weighted by Gasteiger charge is -2.12. The SMILES string of the molecule is CCCCCCCCCCCCCCCCCCCCC(=O)OC[C@@H](O)COC(=O)CCC/C=C\C/C=C\C/C=C\C/C=C\CC(O)CCC. The lowest BCUT2D eigenvalue weighted by Crippen LogP contribution is -2.25. The molecule has 0 saturated heterocycles. The summed E-state index contributed by atoms with van der Waals surface area (Å²) in [5.41, 5.74) is 0. The summed E-state index contributed by atoms with van der Waals surface area (Å²) in [7, 11) is 0. The monoisotopic (exact) mass is 703 g/mol. The Kier molecular flexibility index (Phi) is 37.9. The van der Waals surface area contributed by atoms with Crippen molar-refractivity contribution in [2.75, 3.05) is 13.2 Å². The van der Waals surface area contributed by atoms with Crippen LogP contribution in [0.25, 0.3) is 0 Å². The molecule has 0 aliphatic rings. The standard InChI is InChI=1S/C44H78O6/c1-3-5-6-7-8-9-10-11-12-13-14-15-18-21-24-27-30-33-37-43(47)49-39-42(46)40-50-44(48)38-34-31-28-25-22-19-16-17-20-23-26-29-32-36-41(45)35-4-2/h16,19-20,23,25,28-29,32,41-42,45-46H,3-15,17-18,21-22,24,26-27,30-31,33-40H2,1-2H3/b19-16-,23-20-,28-25-,32-29-/t41?,42-/m1/s1. The summed E-state index contributed by atoms with van der Waals surface area (Å²) in [5, 5.41) is 19.7. The largest absolute Gasteiger partial charge is 0.463 e. The fourth-order valence-corrected chi connectivity index (χ4v) is 5.74. The van der Waals surface area contributed by atoms with Gasteiger partial charge in [-0.2, -0.15) is 0 Å². The number of hydrogen-bond donors (Lipinski definition) is 2. The van der Waals surface area contributed by atoms with Crippen molar-refractivity contribution in [3.63, 3.8) is 0 Å². The van der Waals surface area contributed by atoms with Crippen molar-refractivity contribution >= 4 is 11.9 Å². The highest BCUT2D eigenvalue weighted by atomic mass is 16.6. The third-order valence-electron chi connectivity index (χ3n) is 8.87. The molecule has 0 amide bonds. The number of hydrogen-bond acceptors (Lipinski definition) is 6. The van der Waals surface area contributed by atoms with Crippen LogP contribution in [-0.4, -0.2) is 47.6 Å². The molecular weight excluding hydrogens is 624 g/mol. The van der Waals surface area contributed by atoms with Crippen LogP contribution in [0.5, 0.6) is 0 Å². The summed E-state index contributed by atoms with van der Waals surface area (Å²) in [6, 6.07) is 0. The van der Waals surface area contributed by atoms with Crippen molar-refractivity contribution in [1.82, 2.24) is 0 Å². The molecule has 0 spiro atoms. The number of aliphatic hydroxyl groups is 2. The van der Waals surface area contributed by atoms with Crippen LogP contribution in [0, 0.1) is 0 Å². The molecule has 0 radical (unpaired) electrons. The third kappa shape index (κ3) is 38.6. The van der Waals surface area contributed by atoms with Crippen molar-refractivity contribution in [2.45, 2.75) is 206 Å². The van der Waals surface area contributed by atoms with Crippen LogP contribution in [0.1, 0.15) is 194 Å². The van der Waals surface area contributed by atoms with E-state index in [9.17, 15) is 19.8 Å². The Morgan fingerprint density at radius 3 is 1.28 bits per heavy atom. The van der Waals surface area contributed by atoms with Crippen molar-refractivity contribution in [3.05, 3.63) is 48.6 Å². The molecular formula is C44H78O6. The smallest absolute Gasteiger partial charge is 0.305 e. The van der Waals surface area contributed by atoms with Gasteiger partial charge in [-0.15, -0.1) is 0 Å². The number of allylic oxidation sites excluding steroid dienone is 7. The van der Waals surface area contributed by atoms with Crippen molar-refractivity contribution in [1.29, 1.82) is 0 Å². The van der Waals surface area contributed by atoms with Crippen LogP contribution in [0.2, 0.25) is 0 Å². The fraction of sp³-hybridized carbons (Fsp3) is 0.773. The van der Waals surface area contributed by atoms with E-state index in [1.54, 1.807) is 0 Å². The van der Waals surface area contributed by atoms with E-state index in [4.69, 9.17) is 9.47 Å². The van der Waals surface area contributed by atoms with Gasteiger partial charge in [-0.3, -0.25) is 9.59 Å². The maximum Gasteiger partial charge on any atom is 0.305 e.